The molecule has 2 rings (SSSR count). The zero-order valence-electron chi connectivity index (χ0n) is 9.49. The lowest BCUT2D eigenvalue weighted by Gasteiger charge is -2.19. The van der Waals surface area contributed by atoms with Gasteiger partial charge in [0.25, 0.3) is 0 Å². The van der Waals surface area contributed by atoms with Crippen molar-refractivity contribution in [1.82, 2.24) is 16.1 Å². The van der Waals surface area contributed by atoms with E-state index in [-0.39, 0.29) is 12.3 Å². The molecule has 0 bridgehead atoms. The number of carbonyl (C=O) groups excluding carboxylic acids is 1. The normalized spacial score (nSPS) is 15.9. The lowest BCUT2D eigenvalue weighted by atomic mass is 10.1. The molecule has 1 aromatic carbocycles. The topological polar surface area (TPSA) is 67.8 Å². The van der Waals surface area contributed by atoms with E-state index in [0.717, 1.165) is 5.01 Å². The van der Waals surface area contributed by atoms with E-state index in [1.807, 2.05) is 0 Å². The standard InChI is InChI=1S/C10H13FN4O2/c1-6-3-4-8(11)9(7(6)5-16)15-10(17)14(2)12-13-15/h3-4,12-13,16H,5H2,1-2H3. The number of hydrazine groups is 3. The number of aliphatic hydroxyl groups excluding tert-OH is 1. The predicted molar refractivity (Wildman–Crippen MR) is 59.0 cm³/mol. The molecule has 1 fully saturated rings. The lowest BCUT2D eigenvalue weighted by Crippen LogP contribution is -2.39. The van der Waals surface area contributed by atoms with E-state index in [9.17, 15) is 14.3 Å². The zero-order valence-corrected chi connectivity index (χ0v) is 9.49. The monoisotopic (exact) mass is 240 g/mol. The van der Waals surface area contributed by atoms with Crippen molar-refractivity contribution in [2.24, 2.45) is 0 Å². The number of nitrogens with one attached hydrogen (secondary N) is 2. The third-order valence-electron chi connectivity index (χ3n) is 2.66. The number of aryl methyl sites for hydroxylation is 1. The molecule has 1 aromatic rings. The van der Waals surface area contributed by atoms with Crippen LogP contribution >= 0.6 is 0 Å². The molecule has 0 unspecified atom stereocenters. The van der Waals surface area contributed by atoms with Gasteiger partial charge in [-0.2, -0.15) is 0 Å². The number of hydrogen-bond acceptors (Lipinski definition) is 4. The molecule has 0 saturated carbocycles. The molecular weight excluding hydrogens is 227 g/mol. The van der Waals surface area contributed by atoms with Gasteiger partial charge in [-0.25, -0.2) is 19.2 Å². The summed E-state index contributed by atoms with van der Waals surface area (Å²) in [6, 6.07) is 2.36. The molecule has 17 heavy (non-hydrogen) atoms. The van der Waals surface area contributed by atoms with Gasteiger partial charge in [-0.05, 0) is 18.6 Å². The molecule has 1 aliphatic heterocycles. The summed E-state index contributed by atoms with van der Waals surface area (Å²) in [5, 5.41) is 11.5. The summed E-state index contributed by atoms with van der Waals surface area (Å²) in [4.78, 5) is 11.7. The molecule has 7 heteroatoms. The highest BCUT2D eigenvalue weighted by atomic mass is 19.1. The minimum Gasteiger partial charge on any atom is -0.392 e. The molecule has 0 spiro atoms. The van der Waals surface area contributed by atoms with Crippen molar-refractivity contribution in [3.05, 3.63) is 29.1 Å². The Labute approximate surface area is 97.5 Å². The van der Waals surface area contributed by atoms with E-state index in [1.54, 1.807) is 13.0 Å². The number of rotatable bonds is 2. The van der Waals surface area contributed by atoms with E-state index >= 15 is 0 Å². The summed E-state index contributed by atoms with van der Waals surface area (Å²) in [5.74, 6) is -0.572. The number of amides is 2. The fraction of sp³-hybridized carbons (Fsp3) is 0.300. The Morgan fingerprint density at radius 2 is 2.12 bits per heavy atom. The summed E-state index contributed by atoms with van der Waals surface area (Å²) in [6.07, 6.45) is 0. The first-order chi connectivity index (χ1) is 8.06. The molecule has 0 aromatic heterocycles. The Morgan fingerprint density at radius 3 is 2.65 bits per heavy atom. The number of urea groups is 1. The average molecular weight is 240 g/mol. The van der Waals surface area contributed by atoms with Gasteiger partial charge in [0.2, 0.25) is 0 Å². The van der Waals surface area contributed by atoms with Crippen molar-refractivity contribution in [3.63, 3.8) is 0 Å². The first-order valence-electron chi connectivity index (χ1n) is 5.04. The Kier molecular flexibility index (Phi) is 2.97. The molecule has 6 nitrogen and oxygen atoms in total. The summed E-state index contributed by atoms with van der Waals surface area (Å²) in [7, 11) is 1.50. The van der Waals surface area contributed by atoms with Crippen LogP contribution in [0.25, 0.3) is 0 Å². The maximum Gasteiger partial charge on any atom is 0.355 e. The van der Waals surface area contributed by atoms with Crippen LogP contribution in [0.15, 0.2) is 12.1 Å². The summed E-state index contributed by atoms with van der Waals surface area (Å²) in [6.45, 7) is 1.40. The van der Waals surface area contributed by atoms with E-state index in [4.69, 9.17) is 0 Å². The largest absolute Gasteiger partial charge is 0.392 e. The highest BCUT2D eigenvalue weighted by Gasteiger charge is 2.30. The van der Waals surface area contributed by atoms with Crippen LogP contribution in [0.5, 0.6) is 0 Å². The van der Waals surface area contributed by atoms with E-state index < -0.39 is 11.8 Å². The van der Waals surface area contributed by atoms with Gasteiger partial charge in [0.1, 0.15) is 11.5 Å². The quantitative estimate of drug-likeness (QED) is 0.701. The minimum absolute atomic E-state index is 0.0364. The van der Waals surface area contributed by atoms with E-state index in [2.05, 4.69) is 11.1 Å². The van der Waals surface area contributed by atoms with Crippen LogP contribution in [0.4, 0.5) is 14.9 Å². The van der Waals surface area contributed by atoms with Crippen molar-refractivity contribution < 1.29 is 14.3 Å². The first-order valence-corrected chi connectivity index (χ1v) is 5.04. The minimum atomic E-state index is -0.572. The van der Waals surface area contributed by atoms with Crippen LogP contribution in [-0.4, -0.2) is 23.2 Å². The van der Waals surface area contributed by atoms with Crippen molar-refractivity contribution in [1.29, 1.82) is 0 Å². The van der Waals surface area contributed by atoms with E-state index in [0.29, 0.717) is 11.1 Å². The third kappa shape index (κ3) is 1.84. The van der Waals surface area contributed by atoms with Crippen LogP contribution in [0.2, 0.25) is 0 Å². The fourth-order valence-electron chi connectivity index (χ4n) is 1.67. The van der Waals surface area contributed by atoms with Crippen molar-refractivity contribution in [2.75, 3.05) is 12.1 Å². The van der Waals surface area contributed by atoms with Crippen LogP contribution in [-0.2, 0) is 6.61 Å². The molecule has 1 saturated heterocycles. The molecule has 0 atom stereocenters. The van der Waals surface area contributed by atoms with Crippen LogP contribution in [0.1, 0.15) is 11.1 Å². The van der Waals surface area contributed by atoms with Gasteiger partial charge in [0, 0.05) is 12.6 Å². The summed E-state index contributed by atoms with van der Waals surface area (Å²) >= 11 is 0. The smallest absolute Gasteiger partial charge is 0.355 e. The highest BCUT2D eigenvalue weighted by Crippen LogP contribution is 2.27. The molecule has 92 valence electrons. The number of anilines is 1. The Morgan fingerprint density at radius 1 is 1.41 bits per heavy atom. The second-order valence-corrected chi connectivity index (χ2v) is 3.75. The number of carbonyl (C=O) groups is 1. The van der Waals surface area contributed by atoms with Gasteiger partial charge >= 0.3 is 6.03 Å². The SMILES string of the molecule is Cc1ccc(F)c(N2NNN(C)C2=O)c1CO. The number of nitrogens with zero attached hydrogens (tertiary/aromatic N) is 2. The van der Waals surface area contributed by atoms with Crippen molar-refractivity contribution in [2.45, 2.75) is 13.5 Å². The second-order valence-electron chi connectivity index (χ2n) is 3.75. The number of benzene rings is 1. The molecule has 0 aliphatic carbocycles. The zero-order chi connectivity index (χ0) is 12.6. The molecule has 1 heterocycles. The van der Waals surface area contributed by atoms with Crippen molar-refractivity contribution >= 4 is 11.7 Å². The number of halogens is 1. The van der Waals surface area contributed by atoms with Gasteiger partial charge in [0.05, 0.1) is 6.61 Å². The average Bonchev–Trinajstić information content (AvgIpc) is 2.63. The second kappa shape index (κ2) is 4.28. The van der Waals surface area contributed by atoms with Crippen LogP contribution < -0.4 is 16.1 Å². The summed E-state index contributed by atoms with van der Waals surface area (Å²) in [5.41, 5.74) is 6.18. The van der Waals surface area contributed by atoms with Gasteiger partial charge < -0.3 is 5.11 Å². The van der Waals surface area contributed by atoms with Gasteiger partial charge in [0.15, 0.2) is 0 Å². The third-order valence-corrected chi connectivity index (χ3v) is 2.66. The van der Waals surface area contributed by atoms with Crippen LogP contribution in [0, 0.1) is 12.7 Å². The first kappa shape index (κ1) is 11.8. The molecule has 1 aliphatic rings. The molecule has 2 amide bonds. The Balaban J connectivity index is 2.51. The summed E-state index contributed by atoms with van der Waals surface area (Å²) < 4.78 is 13.8. The van der Waals surface area contributed by atoms with Gasteiger partial charge in [-0.3, -0.25) is 0 Å². The van der Waals surface area contributed by atoms with Gasteiger partial charge in [-0.15, -0.1) is 11.1 Å². The molecule has 3 N–H and O–H groups in total. The van der Waals surface area contributed by atoms with Gasteiger partial charge in [-0.1, -0.05) is 6.07 Å². The van der Waals surface area contributed by atoms with Crippen LogP contribution in [0.3, 0.4) is 0 Å². The highest BCUT2D eigenvalue weighted by molar-refractivity contribution is 5.93. The molecule has 0 radical (unpaired) electrons. The maximum absolute atomic E-state index is 13.8. The lowest BCUT2D eigenvalue weighted by molar-refractivity contribution is 0.214. The van der Waals surface area contributed by atoms with Crippen molar-refractivity contribution in [3.8, 4) is 0 Å². The fourth-order valence-corrected chi connectivity index (χ4v) is 1.67. The predicted octanol–water partition coefficient (Wildman–Crippen LogP) is 0.422. The van der Waals surface area contributed by atoms with E-state index in [1.165, 1.54) is 18.1 Å². The number of hydrogen-bond donors (Lipinski definition) is 3. The molecular formula is C10H13FN4O2. The maximum atomic E-state index is 13.8. The Hall–Kier alpha value is -1.70. The Bertz CT molecular complexity index is 466. The number of aliphatic hydroxyl groups is 1.